The van der Waals surface area contributed by atoms with Crippen molar-refractivity contribution in [1.82, 2.24) is 14.8 Å². The van der Waals surface area contributed by atoms with Gasteiger partial charge in [-0.1, -0.05) is 12.8 Å². The summed E-state index contributed by atoms with van der Waals surface area (Å²) in [5.41, 5.74) is 0.732. The number of anilines is 1. The van der Waals surface area contributed by atoms with Gasteiger partial charge in [0.15, 0.2) is 0 Å². The molecule has 3 fully saturated rings. The zero-order chi connectivity index (χ0) is 17.1. The van der Waals surface area contributed by atoms with Crippen LogP contribution in [-0.2, 0) is 0 Å². The number of hydrogen-bond donors (Lipinski definition) is 0. The molecule has 1 aromatic heterocycles. The van der Waals surface area contributed by atoms with Crippen molar-refractivity contribution >= 4 is 11.7 Å². The molecule has 1 aliphatic carbocycles. The second-order valence-corrected chi connectivity index (χ2v) is 7.72. The van der Waals surface area contributed by atoms with E-state index in [1.807, 2.05) is 17.0 Å². The number of piperazine rings is 1. The van der Waals surface area contributed by atoms with Crippen molar-refractivity contribution in [2.24, 2.45) is 0 Å². The summed E-state index contributed by atoms with van der Waals surface area (Å²) in [4.78, 5) is 24.1. The van der Waals surface area contributed by atoms with Crippen LogP contribution in [0.2, 0.25) is 0 Å². The van der Waals surface area contributed by atoms with Gasteiger partial charge in [-0.25, -0.2) is 4.98 Å². The molecule has 0 bridgehead atoms. The molecule has 1 amide bonds. The van der Waals surface area contributed by atoms with E-state index < -0.39 is 0 Å². The number of nitrogens with zero attached hydrogens (tertiary/aromatic N) is 4. The van der Waals surface area contributed by atoms with Crippen LogP contribution in [-0.4, -0.2) is 66.0 Å². The highest BCUT2D eigenvalue weighted by molar-refractivity contribution is 5.94. The molecule has 136 valence electrons. The molecule has 5 nitrogen and oxygen atoms in total. The molecule has 5 heteroatoms. The SMILES string of the molecule is O=C(c1ccc(N2CCN(C3CCCC3)CC2)nc1)N1CCCCC1. The van der Waals surface area contributed by atoms with Crippen molar-refractivity contribution in [2.75, 3.05) is 44.2 Å². The van der Waals surface area contributed by atoms with Crippen molar-refractivity contribution < 1.29 is 4.79 Å². The summed E-state index contributed by atoms with van der Waals surface area (Å²) in [6.45, 7) is 6.15. The van der Waals surface area contributed by atoms with E-state index >= 15 is 0 Å². The highest BCUT2D eigenvalue weighted by Gasteiger charge is 2.26. The van der Waals surface area contributed by atoms with Crippen LogP contribution in [0.3, 0.4) is 0 Å². The van der Waals surface area contributed by atoms with Crippen LogP contribution in [0.25, 0.3) is 0 Å². The fourth-order valence-electron chi connectivity index (χ4n) is 4.56. The molecule has 1 saturated carbocycles. The first-order valence-electron chi connectivity index (χ1n) is 10.1. The number of carbonyl (C=O) groups is 1. The molecular weight excluding hydrogens is 312 g/mol. The minimum absolute atomic E-state index is 0.143. The highest BCUT2D eigenvalue weighted by Crippen LogP contribution is 2.25. The summed E-state index contributed by atoms with van der Waals surface area (Å²) in [7, 11) is 0. The van der Waals surface area contributed by atoms with Crippen LogP contribution in [0.15, 0.2) is 18.3 Å². The number of aromatic nitrogens is 1. The predicted molar refractivity (Wildman–Crippen MR) is 100 cm³/mol. The van der Waals surface area contributed by atoms with E-state index in [4.69, 9.17) is 0 Å². The van der Waals surface area contributed by atoms with Crippen molar-refractivity contribution in [2.45, 2.75) is 51.0 Å². The molecule has 0 radical (unpaired) electrons. The number of likely N-dealkylation sites (tertiary alicyclic amines) is 1. The highest BCUT2D eigenvalue weighted by atomic mass is 16.2. The average molecular weight is 342 g/mol. The number of pyridine rings is 1. The number of rotatable bonds is 3. The first-order chi connectivity index (χ1) is 12.3. The molecular formula is C20H30N4O. The Hall–Kier alpha value is -1.62. The second kappa shape index (κ2) is 7.73. The summed E-state index contributed by atoms with van der Waals surface area (Å²) in [5.74, 6) is 1.16. The Labute approximate surface area is 151 Å². The van der Waals surface area contributed by atoms with Gasteiger partial charge in [-0.3, -0.25) is 9.69 Å². The van der Waals surface area contributed by atoms with E-state index in [0.717, 1.165) is 69.5 Å². The Morgan fingerprint density at radius 3 is 2.24 bits per heavy atom. The number of hydrogen-bond acceptors (Lipinski definition) is 4. The Morgan fingerprint density at radius 2 is 1.60 bits per heavy atom. The fraction of sp³-hybridized carbons (Fsp3) is 0.700. The molecule has 3 aliphatic rings. The molecule has 1 aromatic rings. The summed E-state index contributed by atoms with van der Waals surface area (Å²) >= 11 is 0. The lowest BCUT2D eigenvalue weighted by Gasteiger charge is -2.38. The monoisotopic (exact) mass is 342 g/mol. The fourth-order valence-corrected chi connectivity index (χ4v) is 4.56. The maximum Gasteiger partial charge on any atom is 0.255 e. The Balaban J connectivity index is 1.33. The lowest BCUT2D eigenvalue weighted by atomic mass is 10.1. The van der Waals surface area contributed by atoms with Crippen molar-refractivity contribution in [3.05, 3.63) is 23.9 Å². The van der Waals surface area contributed by atoms with Gasteiger partial charge in [-0.15, -0.1) is 0 Å². The van der Waals surface area contributed by atoms with Gasteiger partial charge in [0.05, 0.1) is 5.56 Å². The lowest BCUT2D eigenvalue weighted by molar-refractivity contribution is 0.0724. The largest absolute Gasteiger partial charge is 0.354 e. The topological polar surface area (TPSA) is 39.7 Å². The number of piperidine rings is 1. The van der Waals surface area contributed by atoms with Crippen LogP contribution >= 0.6 is 0 Å². The normalized spacial score (nSPS) is 23.2. The van der Waals surface area contributed by atoms with E-state index in [2.05, 4.69) is 14.8 Å². The molecule has 2 saturated heterocycles. The Bertz CT molecular complexity index is 568. The maximum atomic E-state index is 12.5. The van der Waals surface area contributed by atoms with Gasteiger partial charge in [-0.2, -0.15) is 0 Å². The van der Waals surface area contributed by atoms with Crippen LogP contribution in [0.5, 0.6) is 0 Å². The lowest BCUT2D eigenvalue weighted by Crippen LogP contribution is -2.50. The van der Waals surface area contributed by atoms with E-state index in [-0.39, 0.29) is 5.91 Å². The summed E-state index contributed by atoms with van der Waals surface area (Å²) in [5, 5.41) is 0. The Kier molecular flexibility index (Phi) is 5.20. The van der Waals surface area contributed by atoms with Gasteiger partial charge in [0, 0.05) is 51.5 Å². The molecule has 0 aromatic carbocycles. The zero-order valence-corrected chi connectivity index (χ0v) is 15.2. The quantitative estimate of drug-likeness (QED) is 0.847. The summed E-state index contributed by atoms with van der Waals surface area (Å²) in [6, 6.07) is 4.81. The number of carbonyl (C=O) groups excluding carboxylic acids is 1. The van der Waals surface area contributed by atoms with Gasteiger partial charge in [0.25, 0.3) is 5.91 Å². The van der Waals surface area contributed by atoms with Crippen LogP contribution < -0.4 is 4.90 Å². The van der Waals surface area contributed by atoms with E-state index in [0.29, 0.717) is 0 Å². The number of amides is 1. The van der Waals surface area contributed by atoms with E-state index in [1.165, 1.54) is 32.1 Å². The van der Waals surface area contributed by atoms with Gasteiger partial charge >= 0.3 is 0 Å². The maximum absolute atomic E-state index is 12.5. The summed E-state index contributed by atoms with van der Waals surface area (Å²) < 4.78 is 0. The third kappa shape index (κ3) is 3.81. The average Bonchev–Trinajstić information content (AvgIpc) is 3.23. The molecule has 2 aliphatic heterocycles. The smallest absolute Gasteiger partial charge is 0.255 e. The first-order valence-corrected chi connectivity index (χ1v) is 10.1. The standard InChI is InChI=1S/C20H30N4O/c25-20(24-10-4-1-5-11-24)17-8-9-19(21-16-17)23-14-12-22(13-15-23)18-6-2-3-7-18/h8-9,16,18H,1-7,10-15H2. The van der Waals surface area contributed by atoms with Crippen molar-refractivity contribution in [1.29, 1.82) is 0 Å². The van der Waals surface area contributed by atoms with E-state index in [1.54, 1.807) is 6.20 Å². The van der Waals surface area contributed by atoms with Gasteiger partial charge in [-0.05, 0) is 44.2 Å². The zero-order valence-electron chi connectivity index (χ0n) is 15.2. The van der Waals surface area contributed by atoms with Crippen LogP contribution in [0.4, 0.5) is 5.82 Å². The van der Waals surface area contributed by atoms with Crippen LogP contribution in [0.1, 0.15) is 55.3 Å². The Morgan fingerprint density at radius 1 is 0.880 bits per heavy atom. The third-order valence-corrected chi connectivity index (χ3v) is 6.12. The molecule has 4 rings (SSSR count). The van der Waals surface area contributed by atoms with Crippen LogP contribution in [0, 0.1) is 0 Å². The van der Waals surface area contributed by atoms with Gasteiger partial charge in [0.2, 0.25) is 0 Å². The molecule has 0 spiro atoms. The predicted octanol–water partition coefficient (Wildman–Crippen LogP) is 2.77. The summed E-state index contributed by atoms with van der Waals surface area (Å²) in [6.07, 6.45) is 10.8. The first kappa shape index (κ1) is 16.8. The molecule has 0 N–H and O–H groups in total. The van der Waals surface area contributed by atoms with Gasteiger partial charge < -0.3 is 9.80 Å². The molecule has 0 atom stereocenters. The second-order valence-electron chi connectivity index (χ2n) is 7.72. The minimum atomic E-state index is 0.143. The van der Waals surface area contributed by atoms with Crippen molar-refractivity contribution in [3.63, 3.8) is 0 Å². The molecule has 0 unspecified atom stereocenters. The van der Waals surface area contributed by atoms with E-state index in [9.17, 15) is 4.79 Å². The minimum Gasteiger partial charge on any atom is -0.354 e. The van der Waals surface area contributed by atoms with Gasteiger partial charge in [0.1, 0.15) is 5.82 Å². The molecule has 3 heterocycles. The molecule has 25 heavy (non-hydrogen) atoms. The third-order valence-electron chi connectivity index (χ3n) is 6.12. The van der Waals surface area contributed by atoms with Crippen molar-refractivity contribution in [3.8, 4) is 0 Å².